The summed E-state index contributed by atoms with van der Waals surface area (Å²) in [4.78, 5) is 17.1. The minimum Gasteiger partial charge on any atom is -0.495 e. The fourth-order valence-corrected chi connectivity index (χ4v) is 2.96. The second-order valence-corrected chi connectivity index (χ2v) is 5.69. The van der Waals surface area contributed by atoms with Gasteiger partial charge in [-0.15, -0.1) is 0 Å². The first-order valence-corrected chi connectivity index (χ1v) is 7.77. The molecular formula is C17H13ClN4O3. The van der Waals surface area contributed by atoms with Crippen LogP contribution < -0.4 is 9.64 Å². The molecule has 0 N–H and O–H groups in total. The van der Waals surface area contributed by atoms with Gasteiger partial charge in [0.15, 0.2) is 0 Å². The molecule has 0 aromatic heterocycles. The van der Waals surface area contributed by atoms with Crippen LogP contribution >= 0.6 is 11.6 Å². The van der Waals surface area contributed by atoms with Gasteiger partial charge in [0, 0.05) is 18.2 Å². The lowest BCUT2D eigenvalue weighted by atomic mass is 10.1. The minimum atomic E-state index is -0.493. The Kier molecular flexibility index (Phi) is 4.55. The first-order valence-electron chi connectivity index (χ1n) is 7.39. The van der Waals surface area contributed by atoms with Crippen molar-refractivity contribution in [2.24, 2.45) is 4.99 Å². The van der Waals surface area contributed by atoms with E-state index in [0.717, 1.165) is 5.56 Å². The summed E-state index contributed by atoms with van der Waals surface area (Å²) in [6.45, 7) is 1.02. The van der Waals surface area contributed by atoms with Gasteiger partial charge in [0.25, 0.3) is 5.69 Å². The number of benzene rings is 2. The SMILES string of the molecule is COc1ccc(C2=NCCN2c2ccc(C#N)cc2[N+](=O)[O-])cc1Cl. The van der Waals surface area contributed by atoms with Crippen molar-refractivity contribution in [3.8, 4) is 11.8 Å². The number of halogens is 1. The van der Waals surface area contributed by atoms with Gasteiger partial charge < -0.3 is 9.64 Å². The van der Waals surface area contributed by atoms with Crippen LogP contribution in [0.3, 0.4) is 0 Å². The van der Waals surface area contributed by atoms with Gasteiger partial charge in [-0.05, 0) is 30.3 Å². The maximum Gasteiger partial charge on any atom is 0.294 e. The first kappa shape index (κ1) is 16.7. The zero-order valence-corrected chi connectivity index (χ0v) is 14.0. The van der Waals surface area contributed by atoms with Crippen LogP contribution in [0.15, 0.2) is 41.4 Å². The van der Waals surface area contributed by atoms with E-state index in [4.69, 9.17) is 21.6 Å². The van der Waals surface area contributed by atoms with Gasteiger partial charge in [-0.25, -0.2) is 0 Å². The number of ether oxygens (including phenoxy) is 1. The molecule has 8 heteroatoms. The van der Waals surface area contributed by atoms with Gasteiger partial charge in [-0.2, -0.15) is 5.26 Å². The molecule has 126 valence electrons. The van der Waals surface area contributed by atoms with E-state index in [-0.39, 0.29) is 11.3 Å². The zero-order valence-electron chi connectivity index (χ0n) is 13.3. The number of hydrogen-bond acceptors (Lipinski definition) is 6. The van der Waals surface area contributed by atoms with Crippen molar-refractivity contribution in [3.63, 3.8) is 0 Å². The molecule has 25 heavy (non-hydrogen) atoms. The molecule has 2 aromatic carbocycles. The van der Waals surface area contributed by atoms with Crippen LogP contribution in [0.4, 0.5) is 11.4 Å². The van der Waals surface area contributed by atoms with Crippen molar-refractivity contribution in [1.82, 2.24) is 0 Å². The normalized spacial score (nSPS) is 13.3. The molecule has 2 aromatic rings. The second-order valence-electron chi connectivity index (χ2n) is 5.28. The molecule has 3 rings (SSSR count). The van der Waals surface area contributed by atoms with Crippen LogP contribution in [0.5, 0.6) is 5.75 Å². The van der Waals surface area contributed by atoms with E-state index in [9.17, 15) is 10.1 Å². The quantitative estimate of drug-likeness (QED) is 0.618. The van der Waals surface area contributed by atoms with Gasteiger partial charge in [-0.1, -0.05) is 11.6 Å². The molecular weight excluding hydrogens is 344 g/mol. The summed E-state index contributed by atoms with van der Waals surface area (Å²) in [5, 5.41) is 20.8. The number of aliphatic imine (C=N–C) groups is 1. The number of amidine groups is 1. The fraction of sp³-hybridized carbons (Fsp3) is 0.176. The highest BCUT2D eigenvalue weighted by Crippen LogP contribution is 2.33. The summed E-state index contributed by atoms with van der Waals surface area (Å²) >= 11 is 6.18. The molecule has 0 amide bonds. The highest BCUT2D eigenvalue weighted by molar-refractivity contribution is 6.32. The molecule has 0 bridgehead atoms. The maximum absolute atomic E-state index is 11.4. The number of rotatable bonds is 4. The van der Waals surface area contributed by atoms with Gasteiger partial charge in [0.05, 0.1) is 35.2 Å². The Balaban J connectivity index is 2.04. The predicted molar refractivity (Wildman–Crippen MR) is 94.6 cm³/mol. The summed E-state index contributed by atoms with van der Waals surface area (Å²) in [6.07, 6.45) is 0. The molecule has 1 aliphatic heterocycles. The molecule has 0 fully saturated rings. The van der Waals surface area contributed by atoms with E-state index in [2.05, 4.69) is 4.99 Å². The number of nitro groups is 1. The van der Waals surface area contributed by atoms with Crippen LogP contribution in [0.2, 0.25) is 5.02 Å². The van der Waals surface area contributed by atoms with Crippen molar-refractivity contribution in [1.29, 1.82) is 5.26 Å². The number of nitriles is 1. The lowest BCUT2D eigenvalue weighted by Crippen LogP contribution is -2.28. The van der Waals surface area contributed by atoms with E-state index in [0.29, 0.717) is 35.4 Å². The molecule has 7 nitrogen and oxygen atoms in total. The third-order valence-electron chi connectivity index (χ3n) is 3.84. The Bertz CT molecular complexity index is 921. The van der Waals surface area contributed by atoms with Gasteiger partial charge in [-0.3, -0.25) is 15.1 Å². The standard InChI is InChI=1S/C17H13ClN4O3/c1-25-16-5-3-12(9-13(16)18)17-20-6-7-21(17)14-4-2-11(10-19)8-15(14)22(23)24/h2-5,8-9H,6-7H2,1H3. The number of methoxy groups -OCH3 is 1. The van der Waals surface area contributed by atoms with Gasteiger partial charge in [0.2, 0.25) is 0 Å². The summed E-state index contributed by atoms with van der Waals surface area (Å²) in [7, 11) is 1.53. The highest BCUT2D eigenvalue weighted by atomic mass is 35.5. The van der Waals surface area contributed by atoms with Gasteiger partial charge >= 0.3 is 0 Å². The summed E-state index contributed by atoms with van der Waals surface area (Å²) in [5.41, 5.74) is 1.24. The van der Waals surface area contributed by atoms with Crippen molar-refractivity contribution in [3.05, 3.63) is 62.7 Å². The summed E-state index contributed by atoms with van der Waals surface area (Å²) in [6, 6.07) is 11.6. The van der Waals surface area contributed by atoms with Crippen LogP contribution in [-0.4, -0.2) is 31.0 Å². The predicted octanol–water partition coefficient (Wildman–Crippen LogP) is 3.40. The smallest absolute Gasteiger partial charge is 0.294 e. The maximum atomic E-state index is 11.4. The first-order chi connectivity index (χ1) is 12.0. The molecule has 0 unspecified atom stereocenters. The molecule has 0 atom stereocenters. The highest BCUT2D eigenvalue weighted by Gasteiger charge is 2.27. The van der Waals surface area contributed by atoms with E-state index in [1.165, 1.54) is 13.2 Å². The van der Waals surface area contributed by atoms with E-state index in [1.54, 1.807) is 35.2 Å². The molecule has 0 saturated carbocycles. The Labute approximate surface area is 148 Å². The fourth-order valence-electron chi connectivity index (χ4n) is 2.70. The van der Waals surface area contributed by atoms with Crippen LogP contribution in [0.25, 0.3) is 0 Å². The molecule has 0 saturated heterocycles. The second kappa shape index (κ2) is 6.79. The van der Waals surface area contributed by atoms with Crippen LogP contribution in [0, 0.1) is 21.4 Å². The van der Waals surface area contributed by atoms with Crippen molar-refractivity contribution >= 4 is 28.8 Å². The van der Waals surface area contributed by atoms with Crippen LogP contribution in [-0.2, 0) is 0 Å². The molecule has 1 aliphatic rings. The van der Waals surface area contributed by atoms with Crippen molar-refractivity contribution < 1.29 is 9.66 Å². The summed E-state index contributed by atoms with van der Waals surface area (Å²) < 4.78 is 5.14. The molecule has 1 heterocycles. The molecule has 0 aliphatic carbocycles. The number of anilines is 1. The Morgan fingerprint density at radius 1 is 1.36 bits per heavy atom. The Hall–Kier alpha value is -3.11. The van der Waals surface area contributed by atoms with Gasteiger partial charge in [0.1, 0.15) is 17.3 Å². The van der Waals surface area contributed by atoms with Crippen molar-refractivity contribution in [2.75, 3.05) is 25.1 Å². The number of nitrogens with zero attached hydrogens (tertiary/aromatic N) is 4. The third kappa shape index (κ3) is 3.12. The lowest BCUT2D eigenvalue weighted by Gasteiger charge is -2.21. The topological polar surface area (TPSA) is 91.8 Å². The van der Waals surface area contributed by atoms with E-state index in [1.807, 2.05) is 6.07 Å². The zero-order chi connectivity index (χ0) is 18.0. The minimum absolute atomic E-state index is 0.131. The van der Waals surface area contributed by atoms with Crippen LogP contribution in [0.1, 0.15) is 11.1 Å². The molecule has 0 radical (unpaired) electrons. The Morgan fingerprint density at radius 3 is 2.80 bits per heavy atom. The number of hydrogen-bond donors (Lipinski definition) is 0. The summed E-state index contributed by atoms with van der Waals surface area (Å²) in [5.74, 6) is 1.14. The Morgan fingerprint density at radius 2 is 2.16 bits per heavy atom. The van der Waals surface area contributed by atoms with Crippen molar-refractivity contribution in [2.45, 2.75) is 0 Å². The third-order valence-corrected chi connectivity index (χ3v) is 4.14. The monoisotopic (exact) mass is 356 g/mol. The van der Waals surface area contributed by atoms with E-state index < -0.39 is 4.92 Å². The average molecular weight is 357 g/mol. The lowest BCUT2D eigenvalue weighted by molar-refractivity contribution is -0.384. The van der Waals surface area contributed by atoms with E-state index >= 15 is 0 Å². The molecule has 0 spiro atoms. The average Bonchev–Trinajstić information content (AvgIpc) is 3.10. The number of nitro benzene ring substituents is 1. The largest absolute Gasteiger partial charge is 0.495 e.